The number of hydrogen-bond donors (Lipinski definition) is 0. The molecule has 1 saturated heterocycles. The van der Waals surface area contributed by atoms with Gasteiger partial charge in [0.15, 0.2) is 0 Å². The van der Waals surface area contributed by atoms with Gasteiger partial charge in [-0.2, -0.15) is 5.10 Å². The molecule has 1 amide bonds. The largest absolute Gasteiger partial charge is 0.303 e. The minimum Gasteiger partial charge on any atom is -0.303 e. The third kappa shape index (κ3) is 4.88. The predicted octanol–water partition coefficient (Wildman–Crippen LogP) is 4.70. The minimum absolute atomic E-state index is 0.0191. The molecule has 0 N–H and O–H groups in total. The number of para-hydroxylation sites is 1. The lowest BCUT2D eigenvalue weighted by molar-refractivity contribution is -0.385. The number of aryl methyl sites for hydroxylation is 1. The van der Waals surface area contributed by atoms with Crippen LogP contribution < -0.4 is 0 Å². The van der Waals surface area contributed by atoms with E-state index in [0.29, 0.717) is 24.1 Å². The summed E-state index contributed by atoms with van der Waals surface area (Å²) in [7, 11) is 0. The first-order valence-corrected chi connectivity index (χ1v) is 11.3. The highest BCUT2D eigenvalue weighted by molar-refractivity contribution is 6.06. The maximum Gasteiger partial charge on any atom is 0.278 e. The summed E-state index contributed by atoms with van der Waals surface area (Å²) in [6, 6.07) is 14.5. The number of piperidine rings is 1. The van der Waals surface area contributed by atoms with E-state index in [1.807, 2.05) is 31.2 Å². The van der Waals surface area contributed by atoms with E-state index in [1.54, 1.807) is 23.2 Å². The summed E-state index contributed by atoms with van der Waals surface area (Å²) in [6.07, 6.45) is 3.19. The average molecular weight is 435 g/mol. The number of rotatable bonds is 6. The number of hydrazone groups is 1. The zero-order chi connectivity index (χ0) is 22.7. The lowest BCUT2D eigenvalue weighted by Crippen LogP contribution is -2.36. The maximum absolute atomic E-state index is 13.3. The summed E-state index contributed by atoms with van der Waals surface area (Å²) >= 11 is 0. The van der Waals surface area contributed by atoms with Gasteiger partial charge in [-0.15, -0.1) is 0 Å². The van der Waals surface area contributed by atoms with Crippen LogP contribution in [0.4, 0.5) is 5.69 Å². The van der Waals surface area contributed by atoms with Crippen molar-refractivity contribution in [1.29, 1.82) is 0 Å². The summed E-state index contributed by atoms with van der Waals surface area (Å²) in [5.74, 6) is 0.711. The van der Waals surface area contributed by atoms with E-state index >= 15 is 0 Å². The fourth-order valence-electron chi connectivity index (χ4n) is 4.48. The Morgan fingerprint density at radius 1 is 1.12 bits per heavy atom. The van der Waals surface area contributed by atoms with Crippen LogP contribution in [0.25, 0.3) is 0 Å². The van der Waals surface area contributed by atoms with Gasteiger partial charge in [0.05, 0.1) is 22.2 Å². The first kappa shape index (κ1) is 22.1. The molecule has 0 unspecified atom stereocenters. The highest BCUT2D eigenvalue weighted by atomic mass is 16.6. The predicted molar refractivity (Wildman–Crippen MR) is 124 cm³/mol. The Bertz CT molecular complexity index is 1010. The fraction of sp³-hybridized carbons (Fsp3) is 0.440. The van der Waals surface area contributed by atoms with E-state index in [4.69, 9.17) is 0 Å². The Balaban J connectivity index is 1.57. The Morgan fingerprint density at radius 3 is 2.50 bits per heavy atom. The number of hydrogen-bond acceptors (Lipinski definition) is 5. The fourth-order valence-corrected chi connectivity index (χ4v) is 4.48. The number of benzene rings is 2. The summed E-state index contributed by atoms with van der Waals surface area (Å²) < 4.78 is 0. The first-order valence-electron chi connectivity index (χ1n) is 11.3. The van der Waals surface area contributed by atoms with Crippen LogP contribution in [-0.4, -0.2) is 46.1 Å². The number of nitro benzene ring substituents is 1. The van der Waals surface area contributed by atoms with Gasteiger partial charge >= 0.3 is 0 Å². The second kappa shape index (κ2) is 9.61. The van der Waals surface area contributed by atoms with Gasteiger partial charge < -0.3 is 4.90 Å². The zero-order valence-corrected chi connectivity index (χ0v) is 18.7. The smallest absolute Gasteiger partial charge is 0.278 e. The standard InChI is InChI=1S/C25H30N4O3/c1-18-7-9-20(10-8-18)24-17-22(21-5-3-4-6-23(21)29(31)32)26-28(24)25(30)13-16-27-14-11-19(2)12-15-27/h3-10,19,24H,11-17H2,1-2H3/t24-/m1/s1. The molecule has 32 heavy (non-hydrogen) atoms. The number of nitrogens with zero attached hydrogens (tertiary/aromatic N) is 4. The molecule has 7 nitrogen and oxygen atoms in total. The minimum atomic E-state index is -0.388. The molecule has 1 fully saturated rings. The van der Waals surface area contributed by atoms with Gasteiger partial charge in [0, 0.05) is 25.5 Å². The third-order valence-electron chi connectivity index (χ3n) is 6.56. The van der Waals surface area contributed by atoms with Crippen LogP contribution in [0.2, 0.25) is 0 Å². The van der Waals surface area contributed by atoms with Crippen molar-refractivity contribution in [2.75, 3.05) is 19.6 Å². The lowest BCUT2D eigenvalue weighted by Gasteiger charge is -2.30. The average Bonchev–Trinajstić information content (AvgIpc) is 3.24. The van der Waals surface area contributed by atoms with Gasteiger partial charge in [0.1, 0.15) is 0 Å². The van der Waals surface area contributed by atoms with Crippen molar-refractivity contribution in [2.24, 2.45) is 11.0 Å². The Labute approximate surface area is 188 Å². The Kier molecular flexibility index (Phi) is 6.65. The van der Waals surface area contributed by atoms with Gasteiger partial charge in [0.25, 0.3) is 5.69 Å². The molecule has 2 heterocycles. The van der Waals surface area contributed by atoms with Crippen molar-refractivity contribution in [3.63, 3.8) is 0 Å². The molecule has 7 heteroatoms. The SMILES string of the molecule is Cc1ccc([C@H]2CC(c3ccccc3[N+](=O)[O-])=NN2C(=O)CCN2CCC(C)CC2)cc1. The molecule has 0 bridgehead atoms. The highest BCUT2D eigenvalue weighted by Gasteiger charge is 2.35. The van der Waals surface area contributed by atoms with Gasteiger partial charge in [-0.1, -0.05) is 48.9 Å². The van der Waals surface area contributed by atoms with E-state index < -0.39 is 0 Å². The van der Waals surface area contributed by atoms with Gasteiger partial charge in [-0.25, -0.2) is 5.01 Å². The molecular formula is C25H30N4O3. The molecule has 0 saturated carbocycles. The second-order valence-corrected chi connectivity index (χ2v) is 8.96. The number of carbonyl (C=O) groups excluding carboxylic acids is 1. The normalized spacial score (nSPS) is 19.8. The maximum atomic E-state index is 13.3. The summed E-state index contributed by atoms with van der Waals surface area (Å²) in [4.78, 5) is 26.8. The van der Waals surface area contributed by atoms with E-state index in [1.165, 1.54) is 18.9 Å². The van der Waals surface area contributed by atoms with Crippen LogP contribution in [-0.2, 0) is 4.79 Å². The molecule has 2 aromatic carbocycles. The number of likely N-dealkylation sites (tertiary alicyclic amines) is 1. The highest BCUT2D eigenvalue weighted by Crippen LogP contribution is 2.35. The Morgan fingerprint density at radius 2 is 1.81 bits per heavy atom. The summed E-state index contributed by atoms with van der Waals surface area (Å²) in [5.41, 5.74) is 3.22. The van der Waals surface area contributed by atoms with Crippen LogP contribution >= 0.6 is 0 Å². The van der Waals surface area contributed by atoms with Crippen molar-refractivity contribution in [3.8, 4) is 0 Å². The van der Waals surface area contributed by atoms with Crippen molar-refractivity contribution < 1.29 is 9.72 Å². The lowest BCUT2D eigenvalue weighted by atomic mass is 9.97. The van der Waals surface area contributed by atoms with Crippen LogP contribution in [0, 0.1) is 23.0 Å². The van der Waals surface area contributed by atoms with Crippen molar-refractivity contribution in [3.05, 3.63) is 75.3 Å². The molecule has 2 aliphatic heterocycles. The number of nitro groups is 1. The summed E-state index contributed by atoms with van der Waals surface area (Å²) in [5, 5.41) is 17.7. The zero-order valence-electron chi connectivity index (χ0n) is 18.7. The van der Waals surface area contributed by atoms with E-state index in [-0.39, 0.29) is 22.6 Å². The topological polar surface area (TPSA) is 79.0 Å². The molecule has 4 rings (SSSR count). The molecular weight excluding hydrogens is 404 g/mol. The monoisotopic (exact) mass is 434 g/mol. The van der Waals surface area contributed by atoms with Crippen LogP contribution in [0.1, 0.15) is 55.3 Å². The van der Waals surface area contributed by atoms with Crippen LogP contribution in [0.3, 0.4) is 0 Å². The van der Waals surface area contributed by atoms with Gasteiger partial charge in [-0.3, -0.25) is 14.9 Å². The molecule has 2 aromatic rings. The molecule has 168 valence electrons. The Hall–Kier alpha value is -3.06. The molecule has 0 aliphatic carbocycles. The van der Waals surface area contributed by atoms with Crippen molar-refractivity contribution >= 4 is 17.3 Å². The quantitative estimate of drug-likeness (QED) is 0.487. The van der Waals surface area contributed by atoms with Crippen molar-refractivity contribution in [1.82, 2.24) is 9.91 Å². The van der Waals surface area contributed by atoms with Crippen LogP contribution in [0.5, 0.6) is 0 Å². The molecule has 0 aromatic heterocycles. The number of amides is 1. The van der Waals surface area contributed by atoms with Crippen molar-refractivity contribution in [2.45, 2.75) is 45.6 Å². The third-order valence-corrected chi connectivity index (χ3v) is 6.56. The van der Waals surface area contributed by atoms with E-state index in [9.17, 15) is 14.9 Å². The number of carbonyl (C=O) groups is 1. The first-order chi connectivity index (χ1) is 15.4. The molecule has 1 atom stereocenters. The van der Waals surface area contributed by atoms with Gasteiger partial charge in [0.2, 0.25) is 5.91 Å². The second-order valence-electron chi connectivity index (χ2n) is 8.96. The molecule has 0 spiro atoms. The van der Waals surface area contributed by atoms with E-state index in [2.05, 4.69) is 16.9 Å². The van der Waals surface area contributed by atoms with E-state index in [0.717, 1.165) is 36.7 Å². The summed E-state index contributed by atoms with van der Waals surface area (Å²) in [6.45, 7) is 7.08. The van der Waals surface area contributed by atoms with Gasteiger partial charge in [-0.05, 0) is 50.4 Å². The molecule has 2 aliphatic rings. The van der Waals surface area contributed by atoms with Crippen LogP contribution in [0.15, 0.2) is 53.6 Å². The molecule has 0 radical (unpaired) electrons.